The van der Waals surface area contributed by atoms with Crippen molar-refractivity contribution >= 4 is 57.9 Å². The van der Waals surface area contributed by atoms with E-state index in [1.807, 2.05) is 30.3 Å². The van der Waals surface area contributed by atoms with Gasteiger partial charge in [0.05, 0.1) is 15.7 Å². The first-order chi connectivity index (χ1) is 12.0. The summed E-state index contributed by atoms with van der Waals surface area (Å²) in [7, 11) is 0. The van der Waals surface area contributed by atoms with Gasteiger partial charge < -0.3 is 16.5 Å². The second kappa shape index (κ2) is 7.35. The smallest absolute Gasteiger partial charge is 0.211 e. The first-order valence-corrected chi connectivity index (χ1v) is 8.45. The third-order valence-electron chi connectivity index (χ3n) is 3.63. The number of H-pyrrole nitrogens is 1. The fourth-order valence-corrected chi connectivity index (χ4v) is 3.04. The maximum atomic E-state index is 6.16. The molecule has 0 spiro atoms. The van der Waals surface area contributed by atoms with Crippen molar-refractivity contribution in [2.24, 2.45) is 21.7 Å². The predicted octanol–water partition coefficient (Wildman–Crippen LogP) is 4.60. The van der Waals surface area contributed by atoms with E-state index in [0.717, 1.165) is 27.7 Å². The first-order valence-electron chi connectivity index (χ1n) is 7.31. The average molecular weight is 395 g/mol. The Morgan fingerprint density at radius 2 is 1.84 bits per heavy atom. The highest BCUT2D eigenvalue weighted by Gasteiger charge is 2.14. The van der Waals surface area contributed by atoms with E-state index in [0.29, 0.717) is 21.5 Å². The van der Waals surface area contributed by atoms with E-state index in [1.54, 1.807) is 12.3 Å². The molecule has 0 unspecified atom stereocenters. The minimum atomic E-state index is -0.0945. The molecule has 128 valence electrons. The van der Waals surface area contributed by atoms with Crippen molar-refractivity contribution < 1.29 is 0 Å². The van der Waals surface area contributed by atoms with Gasteiger partial charge in [0.2, 0.25) is 5.96 Å². The lowest BCUT2D eigenvalue weighted by Crippen LogP contribution is -2.21. The zero-order valence-electron chi connectivity index (χ0n) is 12.9. The zero-order chi connectivity index (χ0) is 18.0. The van der Waals surface area contributed by atoms with E-state index in [2.05, 4.69) is 15.2 Å². The lowest BCUT2D eigenvalue weighted by atomic mass is 10.0. The Balaban J connectivity index is 2.13. The van der Waals surface area contributed by atoms with Gasteiger partial charge in [0, 0.05) is 28.6 Å². The van der Waals surface area contributed by atoms with E-state index in [9.17, 15) is 0 Å². The quantitative estimate of drug-likeness (QED) is 0.343. The number of nitrogens with two attached hydrogens (primary N) is 2. The van der Waals surface area contributed by atoms with Crippen LogP contribution in [0.25, 0.3) is 22.2 Å². The van der Waals surface area contributed by atoms with Crippen LogP contribution >= 0.6 is 34.8 Å². The van der Waals surface area contributed by atoms with Crippen LogP contribution in [0.15, 0.2) is 46.6 Å². The lowest BCUT2D eigenvalue weighted by Gasteiger charge is -2.04. The summed E-state index contributed by atoms with van der Waals surface area (Å²) in [4.78, 5) is 3.40. The lowest BCUT2D eigenvalue weighted by molar-refractivity contribution is 1.19. The van der Waals surface area contributed by atoms with Gasteiger partial charge >= 0.3 is 0 Å². The van der Waals surface area contributed by atoms with Gasteiger partial charge in [-0.3, -0.25) is 0 Å². The number of nitrogens with one attached hydrogen (secondary N) is 1. The van der Waals surface area contributed by atoms with Crippen LogP contribution in [-0.4, -0.2) is 17.2 Å². The monoisotopic (exact) mass is 393 g/mol. The molecule has 2 aromatic carbocycles. The topological polar surface area (TPSA) is 92.6 Å². The standard InChI is InChI=1S/C17H14Cl3N5/c18-10-2-4-15-12(8-10)11(5-6-23-25-17(21)22)16(24-15)9-1-3-13(19)14(20)7-9/h1-4,6-8,24H,5H2,(H4,21,22,25). The number of aromatic nitrogens is 1. The highest BCUT2D eigenvalue weighted by molar-refractivity contribution is 6.42. The molecule has 3 rings (SSSR count). The summed E-state index contributed by atoms with van der Waals surface area (Å²) in [5.74, 6) is -0.0945. The molecule has 0 amide bonds. The molecule has 3 aromatic rings. The summed E-state index contributed by atoms with van der Waals surface area (Å²) in [5, 5.41) is 10.1. The van der Waals surface area contributed by atoms with Crippen molar-refractivity contribution in [3.8, 4) is 11.3 Å². The van der Waals surface area contributed by atoms with Gasteiger partial charge in [-0.1, -0.05) is 40.9 Å². The van der Waals surface area contributed by atoms with E-state index in [4.69, 9.17) is 46.3 Å². The Hall–Kier alpha value is -2.21. The van der Waals surface area contributed by atoms with Crippen LogP contribution in [0.1, 0.15) is 5.56 Å². The van der Waals surface area contributed by atoms with E-state index in [-0.39, 0.29) is 5.96 Å². The molecule has 0 fully saturated rings. The Morgan fingerprint density at radius 3 is 2.56 bits per heavy atom. The molecule has 8 heteroatoms. The van der Waals surface area contributed by atoms with Gasteiger partial charge in [0.15, 0.2) is 0 Å². The summed E-state index contributed by atoms with van der Waals surface area (Å²) >= 11 is 18.3. The molecule has 1 aromatic heterocycles. The third kappa shape index (κ3) is 3.90. The molecular formula is C17H14Cl3N5. The van der Waals surface area contributed by atoms with Crippen LogP contribution in [0.2, 0.25) is 15.1 Å². The van der Waals surface area contributed by atoms with Crippen molar-refractivity contribution in [3.05, 3.63) is 57.0 Å². The molecule has 0 saturated heterocycles. The molecular weight excluding hydrogens is 381 g/mol. The number of hydrogen-bond acceptors (Lipinski definition) is 2. The normalized spacial score (nSPS) is 11.3. The Labute approximate surface area is 159 Å². The van der Waals surface area contributed by atoms with Gasteiger partial charge in [-0.25, -0.2) is 0 Å². The second-order valence-electron chi connectivity index (χ2n) is 5.32. The number of halogens is 3. The highest BCUT2D eigenvalue weighted by atomic mass is 35.5. The number of benzene rings is 2. The fourth-order valence-electron chi connectivity index (χ4n) is 2.57. The van der Waals surface area contributed by atoms with Gasteiger partial charge in [-0.05, 0) is 41.5 Å². The van der Waals surface area contributed by atoms with Crippen LogP contribution in [0, 0.1) is 0 Å². The van der Waals surface area contributed by atoms with Crippen molar-refractivity contribution in [1.29, 1.82) is 0 Å². The molecule has 0 aliphatic carbocycles. The Morgan fingerprint density at radius 1 is 1.04 bits per heavy atom. The molecule has 25 heavy (non-hydrogen) atoms. The van der Waals surface area contributed by atoms with Crippen LogP contribution in [-0.2, 0) is 6.42 Å². The van der Waals surface area contributed by atoms with Crippen molar-refractivity contribution in [1.82, 2.24) is 4.98 Å². The minimum absolute atomic E-state index is 0.0945. The number of fused-ring (bicyclic) bond motifs is 1. The molecule has 5 N–H and O–H groups in total. The number of guanidine groups is 1. The largest absolute Gasteiger partial charge is 0.369 e. The fraction of sp³-hybridized carbons (Fsp3) is 0.0588. The summed E-state index contributed by atoms with van der Waals surface area (Å²) < 4.78 is 0. The predicted molar refractivity (Wildman–Crippen MR) is 107 cm³/mol. The maximum Gasteiger partial charge on any atom is 0.211 e. The van der Waals surface area contributed by atoms with Gasteiger partial charge in [0.1, 0.15) is 0 Å². The van der Waals surface area contributed by atoms with Crippen molar-refractivity contribution in [3.63, 3.8) is 0 Å². The number of aromatic amines is 1. The van der Waals surface area contributed by atoms with Gasteiger partial charge in [0.25, 0.3) is 0 Å². The van der Waals surface area contributed by atoms with Crippen LogP contribution in [0.4, 0.5) is 0 Å². The number of rotatable bonds is 4. The minimum Gasteiger partial charge on any atom is -0.369 e. The Bertz CT molecular complexity index is 987. The summed E-state index contributed by atoms with van der Waals surface area (Å²) in [6, 6.07) is 11.1. The van der Waals surface area contributed by atoms with Crippen LogP contribution in [0.3, 0.4) is 0 Å². The summed E-state index contributed by atoms with van der Waals surface area (Å²) in [6.45, 7) is 0. The van der Waals surface area contributed by atoms with Gasteiger partial charge in [-0.15, -0.1) is 5.10 Å². The molecule has 0 aliphatic rings. The SMILES string of the molecule is NC(N)=NN=CCc1c(-c2ccc(Cl)c(Cl)c2)[nH]c2ccc(Cl)cc12. The molecule has 1 heterocycles. The van der Waals surface area contributed by atoms with Crippen molar-refractivity contribution in [2.75, 3.05) is 0 Å². The summed E-state index contributed by atoms with van der Waals surface area (Å²) in [6.07, 6.45) is 2.14. The van der Waals surface area contributed by atoms with Gasteiger partial charge in [-0.2, -0.15) is 5.10 Å². The molecule has 0 atom stereocenters. The van der Waals surface area contributed by atoms with Crippen LogP contribution < -0.4 is 11.5 Å². The Kier molecular flexibility index (Phi) is 5.18. The second-order valence-corrected chi connectivity index (χ2v) is 6.58. The number of nitrogens with zero attached hydrogens (tertiary/aromatic N) is 2. The molecule has 0 bridgehead atoms. The summed E-state index contributed by atoms with van der Waals surface area (Å²) in [5.41, 5.74) is 14.3. The zero-order valence-corrected chi connectivity index (χ0v) is 15.2. The number of hydrogen-bond donors (Lipinski definition) is 3. The van der Waals surface area contributed by atoms with Crippen molar-refractivity contribution in [2.45, 2.75) is 6.42 Å². The third-order valence-corrected chi connectivity index (χ3v) is 4.60. The highest BCUT2D eigenvalue weighted by Crippen LogP contribution is 2.34. The van der Waals surface area contributed by atoms with E-state index < -0.39 is 0 Å². The molecule has 0 radical (unpaired) electrons. The molecule has 5 nitrogen and oxygen atoms in total. The maximum absolute atomic E-state index is 6.16. The average Bonchev–Trinajstić information content (AvgIpc) is 2.92. The van der Waals surface area contributed by atoms with E-state index >= 15 is 0 Å². The van der Waals surface area contributed by atoms with Crippen LogP contribution in [0.5, 0.6) is 0 Å². The molecule has 0 saturated carbocycles. The molecule has 0 aliphatic heterocycles. The first kappa shape index (κ1) is 17.6. The van der Waals surface area contributed by atoms with E-state index in [1.165, 1.54) is 0 Å².